The zero-order chi connectivity index (χ0) is 34.5. The number of hydrogen-bond donors (Lipinski definition) is 0. The predicted molar refractivity (Wildman–Crippen MR) is 187 cm³/mol. The quantitative estimate of drug-likeness (QED) is 0.210. The molecule has 3 aliphatic rings. The van der Waals surface area contributed by atoms with Crippen molar-refractivity contribution >= 4 is 26.6 Å². The fourth-order valence-electron chi connectivity index (χ4n) is 6.96. The summed E-state index contributed by atoms with van der Waals surface area (Å²) >= 11 is 0. The highest BCUT2D eigenvalue weighted by molar-refractivity contribution is 7.89. The molecule has 0 unspecified atom stereocenters. The van der Waals surface area contributed by atoms with E-state index in [-0.39, 0.29) is 30.7 Å². The third kappa shape index (κ3) is 6.02. The lowest BCUT2D eigenvalue weighted by Gasteiger charge is -2.34. The number of sulfonamides is 1. The zero-order valence-electron chi connectivity index (χ0n) is 28.2. The average Bonchev–Trinajstić information content (AvgIpc) is 3.85. The first-order valence-corrected chi connectivity index (χ1v) is 18.2. The predicted octanol–water partition coefficient (Wildman–Crippen LogP) is 1.16. The van der Waals surface area contributed by atoms with E-state index < -0.39 is 10.0 Å². The number of methoxy groups -OCH3 is 1. The van der Waals surface area contributed by atoms with Crippen LogP contribution in [0.25, 0.3) is 27.7 Å². The normalized spacial score (nSPS) is 15.1. The molecule has 13 nitrogen and oxygen atoms in total. The van der Waals surface area contributed by atoms with E-state index in [9.17, 15) is 8.42 Å². The third-order valence-electron chi connectivity index (χ3n) is 9.65. The number of pyridine rings is 2. The van der Waals surface area contributed by atoms with Crippen LogP contribution >= 0.6 is 0 Å². The fraction of sp³-hybridized carbons (Fsp3) is 0.243. The molecule has 3 aromatic heterocycles. The molecule has 266 valence electrons. The summed E-state index contributed by atoms with van der Waals surface area (Å²) in [6.07, 6.45) is 6.50. The molecule has 6 heterocycles. The Morgan fingerprint density at radius 1 is 0.942 bits per heavy atom. The summed E-state index contributed by atoms with van der Waals surface area (Å²) in [5.74, 6) is 3.65. The maximum atomic E-state index is 13.4. The molecule has 1 fully saturated rings. The molecule has 0 atom stereocenters. The minimum Gasteiger partial charge on any atom is -1.00 e. The van der Waals surface area contributed by atoms with Crippen LogP contribution in [-0.2, 0) is 29.6 Å². The van der Waals surface area contributed by atoms with Crippen molar-refractivity contribution in [3.8, 4) is 39.9 Å². The summed E-state index contributed by atoms with van der Waals surface area (Å²) in [4.78, 5) is 6.72. The molecular weight excluding hydrogens is 706 g/mol. The molecule has 3 aliphatic heterocycles. The van der Waals surface area contributed by atoms with E-state index in [0.717, 1.165) is 52.3 Å². The molecule has 0 aliphatic carbocycles. The van der Waals surface area contributed by atoms with Gasteiger partial charge in [-0.3, -0.25) is 0 Å². The second-order valence-electron chi connectivity index (χ2n) is 12.6. The van der Waals surface area contributed by atoms with Crippen LogP contribution in [0.15, 0.2) is 96.3 Å². The van der Waals surface area contributed by atoms with Crippen LogP contribution in [0.4, 0.5) is 5.82 Å². The van der Waals surface area contributed by atoms with Crippen LogP contribution in [0.1, 0.15) is 11.3 Å². The number of piperazine rings is 1. The lowest BCUT2D eigenvalue weighted by molar-refractivity contribution is -0.686. The third-order valence-corrected chi connectivity index (χ3v) is 11.6. The second kappa shape index (κ2) is 13.6. The topological polar surface area (TPSA) is 125 Å². The Morgan fingerprint density at radius 2 is 1.75 bits per heavy atom. The van der Waals surface area contributed by atoms with Crippen molar-refractivity contribution in [3.05, 3.63) is 103 Å². The number of anilines is 1. The number of halogens is 1. The van der Waals surface area contributed by atoms with Gasteiger partial charge >= 0.3 is 0 Å². The smallest absolute Gasteiger partial charge is 0.243 e. The van der Waals surface area contributed by atoms with Gasteiger partial charge in [0.2, 0.25) is 22.5 Å². The second-order valence-corrected chi connectivity index (χ2v) is 14.5. The van der Waals surface area contributed by atoms with Crippen molar-refractivity contribution in [1.82, 2.24) is 24.3 Å². The number of benzene rings is 3. The maximum Gasteiger partial charge on any atom is 0.243 e. The van der Waals surface area contributed by atoms with Crippen molar-refractivity contribution in [2.24, 2.45) is 0 Å². The minimum absolute atomic E-state index is 0. The lowest BCUT2D eigenvalue weighted by Crippen LogP contribution is -3.00. The summed E-state index contributed by atoms with van der Waals surface area (Å²) in [6, 6.07) is 22.7. The highest BCUT2D eigenvalue weighted by Crippen LogP contribution is 2.42. The van der Waals surface area contributed by atoms with Crippen LogP contribution < -0.4 is 40.8 Å². The molecule has 3 aromatic carbocycles. The summed E-state index contributed by atoms with van der Waals surface area (Å²) in [6.45, 7) is 3.13. The van der Waals surface area contributed by atoms with Gasteiger partial charge < -0.3 is 36.3 Å². The fourth-order valence-corrected chi connectivity index (χ4v) is 8.38. The average molecular weight is 740 g/mol. The Morgan fingerprint density at radius 3 is 2.52 bits per heavy atom. The van der Waals surface area contributed by atoms with Crippen LogP contribution in [0.3, 0.4) is 0 Å². The molecule has 1 saturated heterocycles. The Balaban J connectivity index is 0.00000387. The Kier molecular flexibility index (Phi) is 8.81. The summed E-state index contributed by atoms with van der Waals surface area (Å²) < 4.78 is 55.6. The van der Waals surface area contributed by atoms with Gasteiger partial charge in [0.05, 0.1) is 34.8 Å². The Bertz CT molecular complexity index is 2380. The van der Waals surface area contributed by atoms with Crippen LogP contribution in [0.2, 0.25) is 0 Å². The number of nitrogens with zero attached hydrogens (tertiary/aromatic N) is 7. The number of rotatable bonds is 8. The molecule has 0 bridgehead atoms. The van der Waals surface area contributed by atoms with E-state index in [0.29, 0.717) is 49.1 Å². The summed E-state index contributed by atoms with van der Waals surface area (Å²) in [7, 11) is -2.03. The highest BCUT2D eigenvalue weighted by Gasteiger charge is 2.30. The lowest BCUT2D eigenvalue weighted by atomic mass is 9.95. The van der Waals surface area contributed by atoms with Crippen molar-refractivity contribution in [2.45, 2.75) is 24.5 Å². The van der Waals surface area contributed by atoms with Gasteiger partial charge in [0, 0.05) is 44.9 Å². The highest BCUT2D eigenvalue weighted by atomic mass is 35.5. The molecular formula is C37H34ClN7O6S. The monoisotopic (exact) mass is 739 g/mol. The van der Waals surface area contributed by atoms with Gasteiger partial charge in [0.1, 0.15) is 18.1 Å². The van der Waals surface area contributed by atoms with E-state index >= 15 is 0 Å². The SMILES string of the molecule is COc1ccc2cc3[n+](cc2c1OCc1cn(-c2ccc(S(=O)(=O)N4CCN(c5ccccn5)CC4)cc2)nn1)CCc1cc2c(cc1-3)OCO2.[Cl-]. The Hall–Kier alpha value is -5.44. The molecule has 15 heteroatoms. The molecule has 6 aromatic rings. The van der Waals surface area contributed by atoms with Crippen LogP contribution in [0.5, 0.6) is 23.0 Å². The van der Waals surface area contributed by atoms with E-state index in [1.54, 1.807) is 48.5 Å². The Labute approximate surface area is 306 Å². The van der Waals surface area contributed by atoms with Crippen LogP contribution in [-0.4, -0.2) is 72.8 Å². The molecule has 52 heavy (non-hydrogen) atoms. The number of aryl methyl sites for hydroxylation is 2. The van der Waals surface area contributed by atoms with Crippen molar-refractivity contribution in [1.29, 1.82) is 0 Å². The number of hydrogen-bond acceptors (Lipinski definition) is 10. The van der Waals surface area contributed by atoms with Gasteiger partial charge in [-0.2, -0.15) is 8.87 Å². The van der Waals surface area contributed by atoms with Gasteiger partial charge in [-0.15, -0.1) is 5.10 Å². The van der Waals surface area contributed by atoms with Crippen molar-refractivity contribution < 1.29 is 44.3 Å². The van der Waals surface area contributed by atoms with E-state index in [1.165, 1.54) is 9.87 Å². The number of fused-ring (bicyclic) bond motifs is 5. The van der Waals surface area contributed by atoms with Gasteiger partial charge in [0.25, 0.3) is 0 Å². The molecule has 0 spiro atoms. The first-order valence-electron chi connectivity index (χ1n) is 16.7. The summed E-state index contributed by atoms with van der Waals surface area (Å²) in [5, 5.41) is 10.5. The molecule has 9 rings (SSSR count). The first-order chi connectivity index (χ1) is 24.9. The van der Waals surface area contributed by atoms with Crippen molar-refractivity contribution in [2.75, 3.05) is 45.0 Å². The maximum absolute atomic E-state index is 13.4. The first kappa shape index (κ1) is 33.7. The number of aromatic nitrogens is 5. The number of ether oxygens (including phenoxy) is 4. The van der Waals surface area contributed by atoms with Gasteiger partial charge in [-0.1, -0.05) is 11.3 Å². The standard InChI is InChI=1S/C37H34N7O6S.ClH/c1-47-33-10-5-25-18-32-30-20-35-34(49-24-50-35)19-26(30)11-13-42(32)22-31(25)37(33)48-23-27-21-44(40-39-27)28-6-8-29(9-7-28)51(45,46)43-16-14-41(15-17-43)36-4-2-3-12-38-36;/h2-10,12,18-22H,11,13-17,23-24H2,1H3;1H/q+1;/p-1. The van der Waals surface area contributed by atoms with Gasteiger partial charge in [-0.25, -0.2) is 18.1 Å². The van der Waals surface area contributed by atoms with Gasteiger partial charge in [-0.05, 0) is 71.6 Å². The van der Waals surface area contributed by atoms with Crippen LogP contribution in [0, 0.1) is 0 Å². The van der Waals surface area contributed by atoms with E-state index in [4.69, 9.17) is 18.9 Å². The van der Waals surface area contributed by atoms with E-state index in [2.05, 4.69) is 49.2 Å². The molecule has 0 radical (unpaired) electrons. The van der Waals surface area contributed by atoms with E-state index in [1.807, 2.05) is 30.3 Å². The summed E-state index contributed by atoms with van der Waals surface area (Å²) in [5.41, 5.74) is 4.75. The molecule has 0 amide bonds. The minimum atomic E-state index is -3.65. The largest absolute Gasteiger partial charge is 1.00 e. The van der Waals surface area contributed by atoms with Gasteiger partial charge in [0.15, 0.2) is 35.7 Å². The molecule has 0 N–H and O–H groups in total. The zero-order valence-corrected chi connectivity index (χ0v) is 29.8. The van der Waals surface area contributed by atoms with Crippen molar-refractivity contribution in [3.63, 3.8) is 0 Å². The molecule has 0 saturated carbocycles.